The third-order valence-electron chi connectivity index (χ3n) is 7.09. The molecule has 2 aliphatic carbocycles. The van der Waals surface area contributed by atoms with Gasteiger partial charge in [-0.2, -0.15) is 0 Å². The summed E-state index contributed by atoms with van der Waals surface area (Å²) in [5, 5.41) is 0. The van der Waals surface area contributed by atoms with Crippen molar-refractivity contribution in [1.29, 1.82) is 0 Å². The van der Waals surface area contributed by atoms with Crippen molar-refractivity contribution in [2.24, 2.45) is 17.8 Å². The van der Waals surface area contributed by atoms with Crippen molar-refractivity contribution < 1.29 is 4.79 Å². The van der Waals surface area contributed by atoms with Gasteiger partial charge in [0.05, 0.1) is 0 Å². The molecule has 2 nitrogen and oxygen atoms in total. The maximum Gasteiger partial charge on any atom is 0.230 e. The first-order chi connectivity index (χ1) is 12.3. The third-order valence-corrected chi connectivity index (χ3v) is 7.09. The van der Waals surface area contributed by atoms with Crippen molar-refractivity contribution in [3.05, 3.63) is 29.8 Å². The molecule has 0 bridgehead atoms. The van der Waals surface area contributed by atoms with E-state index in [1.807, 2.05) is 0 Å². The Morgan fingerprint density at radius 2 is 1.44 bits per heavy atom. The first-order valence-electron chi connectivity index (χ1n) is 10.7. The SMILES string of the molecule is O=C(C1CCC(C2CCCCCCC2)CC1)N1CCc2ccccc21. The number of amides is 1. The normalized spacial score (nSPS) is 28.2. The van der Waals surface area contributed by atoms with Crippen molar-refractivity contribution in [2.45, 2.75) is 77.0 Å². The largest absolute Gasteiger partial charge is 0.312 e. The highest BCUT2D eigenvalue weighted by Gasteiger charge is 2.34. The van der Waals surface area contributed by atoms with Gasteiger partial charge in [-0.25, -0.2) is 0 Å². The van der Waals surface area contributed by atoms with Gasteiger partial charge in [0.1, 0.15) is 0 Å². The molecule has 1 amide bonds. The highest BCUT2D eigenvalue weighted by atomic mass is 16.2. The van der Waals surface area contributed by atoms with Gasteiger partial charge < -0.3 is 4.90 Å². The van der Waals surface area contributed by atoms with Crippen LogP contribution < -0.4 is 4.90 Å². The molecule has 0 radical (unpaired) electrons. The van der Waals surface area contributed by atoms with Gasteiger partial charge in [-0.05, 0) is 55.6 Å². The summed E-state index contributed by atoms with van der Waals surface area (Å²) in [6, 6.07) is 8.46. The second-order valence-electron chi connectivity index (χ2n) is 8.59. The van der Waals surface area contributed by atoms with E-state index in [1.54, 1.807) is 0 Å². The van der Waals surface area contributed by atoms with Crippen LogP contribution in [0.15, 0.2) is 24.3 Å². The van der Waals surface area contributed by atoms with Crippen LogP contribution in [-0.2, 0) is 11.2 Å². The molecule has 0 unspecified atom stereocenters. The van der Waals surface area contributed by atoms with Crippen LogP contribution in [0, 0.1) is 17.8 Å². The molecule has 25 heavy (non-hydrogen) atoms. The second-order valence-corrected chi connectivity index (χ2v) is 8.59. The smallest absolute Gasteiger partial charge is 0.230 e. The molecule has 0 atom stereocenters. The van der Waals surface area contributed by atoms with Gasteiger partial charge in [-0.15, -0.1) is 0 Å². The molecule has 136 valence electrons. The van der Waals surface area contributed by atoms with Crippen LogP contribution in [0.5, 0.6) is 0 Å². The number of hydrogen-bond acceptors (Lipinski definition) is 1. The minimum atomic E-state index is 0.274. The van der Waals surface area contributed by atoms with E-state index in [0.717, 1.165) is 37.6 Å². The van der Waals surface area contributed by atoms with E-state index in [0.29, 0.717) is 5.91 Å². The summed E-state index contributed by atoms with van der Waals surface area (Å²) in [4.78, 5) is 15.2. The molecule has 1 heterocycles. The Morgan fingerprint density at radius 3 is 2.20 bits per heavy atom. The number of para-hydroxylation sites is 1. The molecular formula is C23H33NO. The van der Waals surface area contributed by atoms with E-state index in [1.165, 1.54) is 69.0 Å². The second kappa shape index (κ2) is 7.93. The molecule has 3 aliphatic rings. The number of nitrogens with zero attached hydrogens (tertiary/aromatic N) is 1. The summed E-state index contributed by atoms with van der Waals surface area (Å²) < 4.78 is 0. The predicted octanol–water partition coefficient (Wildman–Crippen LogP) is 5.74. The predicted molar refractivity (Wildman–Crippen MR) is 104 cm³/mol. The lowest BCUT2D eigenvalue weighted by atomic mass is 9.72. The van der Waals surface area contributed by atoms with E-state index in [2.05, 4.69) is 29.2 Å². The molecule has 2 saturated carbocycles. The summed E-state index contributed by atoms with van der Waals surface area (Å²) in [6.45, 7) is 0.890. The Kier molecular flexibility index (Phi) is 5.43. The molecule has 4 rings (SSSR count). The van der Waals surface area contributed by atoms with Crippen LogP contribution in [0.25, 0.3) is 0 Å². The molecule has 0 saturated heterocycles. The number of fused-ring (bicyclic) bond motifs is 1. The highest BCUT2D eigenvalue weighted by molar-refractivity contribution is 5.97. The van der Waals surface area contributed by atoms with Gasteiger partial charge >= 0.3 is 0 Å². The number of benzene rings is 1. The third kappa shape index (κ3) is 3.78. The van der Waals surface area contributed by atoms with Gasteiger partial charge in [0.2, 0.25) is 5.91 Å². The Bertz CT molecular complexity index is 580. The van der Waals surface area contributed by atoms with Crippen LogP contribution >= 0.6 is 0 Å². The summed E-state index contributed by atoms with van der Waals surface area (Å²) in [5.74, 6) is 2.52. The minimum Gasteiger partial charge on any atom is -0.312 e. The van der Waals surface area contributed by atoms with Crippen molar-refractivity contribution in [3.63, 3.8) is 0 Å². The molecule has 1 aliphatic heterocycles. The average molecular weight is 340 g/mol. The van der Waals surface area contributed by atoms with E-state index in [4.69, 9.17) is 0 Å². The van der Waals surface area contributed by atoms with Crippen LogP contribution in [0.2, 0.25) is 0 Å². The molecule has 1 aromatic rings. The Morgan fingerprint density at radius 1 is 0.800 bits per heavy atom. The molecule has 1 aromatic carbocycles. The highest BCUT2D eigenvalue weighted by Crippen LogP contribution is 2.40. The first-order valence-corrected chi connectivity index (χ1v) is 10.7. The minimum absolute atomic E-state index is 0.274. The fraction of sp³-hybridized carbons (Fsp3) is 0.696. The van der Waals surface area contributed by atoms with Gasteiger partial charge in [-0.3, -0.25) is 4.79 Å². The molecule has 0 spiro atoms. The van der Waals surface area contributed by atoms with E-state index in [-0.39, 0.29) is 5.92 Å². The zero-order chi connectivity index (χ0) is 17.1. The van der Waals surface area contributed by atoms with Crippen molar-refractivity contribution in [3.8, 4) is 0 Å². The topological polar surface area (TPSA) is 20.3 Å². The zero-order valence-corrected chi connectivity index (χ0v) is 15.6. The van der Waals surface area contributed by atoms with Crippen molar-refractivity contribution >= 4 is 11.6 Å². The molecule has 0 aromatic heterocycles. The number of anilines is 1. The Labute approximate surface area is 153 Å². The van der Waals surface area contributed by atoms with Crippen molar-refractivity contribution in [1.82, 2.24) is 0 Å². The van der Waals surface area contributed by atoms with Crippen LogP contribution in [0.1, 0.15) is 76.2 Å². The number of hydrogen-bond donors (Lipinski definition) is 0. The summed E-state index contributed by atoms with van der Waals surface area (Å²) in [5.41, 5.74) is 2.52. The van der Waals surface area contributed by atoms with E-state index < -0.39 is 0 Å². The van der Waals surface area contributed by atoms with Gasteiger partial charge in [0.15, 0.2) is 0 Å². The standard InChI is InChI=1S/C23H33NO/c25-23(24-17-16-20-10-6-7-11-22(20)24)21-14-12-19(13-15-21)18-8-4-2-1-3-5-9-18/h6-7,10-11,18-19,21H,1-5,8-9,12-17H2. The van der Waals surface area contributed by atoms with Crippen LogP contribution in [0.3, 0.4) is 0 Å². The van der Waals surface area contributed by atoms with Crippen LogP contribution in [0.4, 0.5) is 5.69 Å². The Balaban J connectivity index is 1.33. The molecule has 2 heteroatoms. The van der Waals surface area contributed by atoms with Crippen LogP contribution in [-0.4, -0.2) is 12.5 Å². The summed E-state index contributed by atoms with van der Waals surface area (Å²) in [6.07, 6.45) is 16.0. The van der Waals surface area contributed by atoms with E-state index in [9.17, 15) is 4.79 Å². The molecule has 2 fully saturated rings. The fourth-order valence-corrected chi connectivity index (χ4v) is 5.58. The first kappa shape index (κ1) is 17.1. The van der Waals surface area contributed by atoms with Gasteiger partial charge in [0.25, 0.3) is 0 Å². The van der Waals surface area contributed by atoms with E-state index >= 15 is 0 Å². The quantitative estimate of drug-likeness (QED) is 0.672. The maximum absolute atomic E-state index is 13.1. The van der Waals surface area contributed by atoms with Crippen molar-refractivity contribution in [2.75, 3.05) is 11.4 Å². The lowest BCUT2D eigenvalue weighted by Gasteiger charge is -2.35. The monoisotopic (exact) mass is 339 g/mol. The lowest BCUT2D eigenvalue weighted by molar-refractivity contribution is -0.123. The van der Waals surface area contributed by atoms with Gasteiger partial charge in [-0.1, -0.05) is 63.1 Å². The summed E-state index contributed by atoms with van der Waals surface area (Å²) in [7, 11) is 0. The zero-order valence-electron chi connectivity index (χ0n) is 15.6. The number of carbonyl (C=O) groups excluding carboxylic acids is 1. The summed E-state index contributed by atoms with van der Waals surface area (Å²) >= 11 is 0. The molecule has 0 N–H and O–H groups in total. The fourth-order valence-electron chi connectivity index (χ4n) is 5.58. The molecular weight excluding hydrogens is 306 g/mol. The number of carbonyl (C=O) groups is 1. The average Bonchev–Trinajstić information content (AvgIpc) is 3.05. The van der Waals surface area contributed by atoms with Gasteiger partial charge in [0, 0.05) is 18.2 Å². The number of rotatable bonds is 2. The Hall–Kier alpha value is -1.31. The lowest BCUT2D eigenvalue weighted by Crippen LogP contribution is -2.37. The maximum atomic E-state index is 13.1.